The summed E-state index contributed by atoms with van der Waals surface area (Å²) >= 11 is 1.47. The molecule has 176 valence electrons. The van der Waals surface area contributed by atoms with Crippen LogP contribution in [0.3, 0.4) is 0 Å². The molecule has 0 spiro atoms. The van der Waals surface area contributed by atoms with Crippen molar-refractivity contribution in [2.75, 3.05) is 18.4 Å². The summed E-state index contributed by atoms with van der Waals surface area (Å²) in [5.74, 6) is 2.62. The summed E-state index contributed by atoms with van der Waals surface area (Å²) in [6.07, 6.45) is 9.90. The summed E-state index contributed by atoms with van der Waals surface area (Å²) < 4.78 is 39.0. The highest BCUT2D eigenvalue weighted by molar-refractivity contribution is 7.15. The first-order chi connectivity index (χ1) is 16.3. The summed E-state index contributed by atoms with van der Waals surface area (Å²) in [4.78, 5) is 15.8. The van der Waals surface area contributed by atoms with Gasteiger partial charge in [0.1, 0.15) is 11.5 Å². The van der Waals surface area contributed by atoms with Crippen LogP contribution < -0.4 is 5.32 Å². The molecule has 0 amide bonds. The lowest BCUT2D eigenvalue weighted by Crippen LogP contribution is -2.18. The van der Waals surface area contributed by atoms with Crippen molar-refractivity contribution in [3.05, 3.63) is 70.1 Å². The Kier molecular flexibility index (Phi) is 7.29. The van der Waals surface area contributed by atoms with Crippen LogP contribution in [0.15, 0.2) is 42.7 Å². The number of pyridine rings is 2. The number of likely N-dealkylation sites (tertiary alicyclic amines) is 1. The van der Waals surface area contributed by atoms with Crippen LogP contribution in [-0.4, -0.2) is 32.9 Å². The highest BCUT2D eigenvalue weighted by atomic mass is 32.1. The molecular weight excluding hydrogens is 459 g/mol. The van der Waals surface area contributed by atoms with Crippen molar-refractivity contribution in [3.8, 4) is 12.3 Å². The fraction of sp³-hybridized carbons (Fsp3) is 0.320. The van der Waals surface area contributed by atoms with Gasteiger partial charge < -0.3 is 5.32 Å². The lowest BCUT2D eigenvalue weighted by molar-refractivity contribution is -0.141. The van der Waals surface area contributed by atoms with E-state index in [1.54, 1.807) is 18.3 Å². The molecule has 1 fully saturated rings. The molecule has 0 aliphatic carbocycles. The van der Waals surface area contributed by atoms with E-state index >= 15 is 0 Å². The molecule has 1 unspecified atom stereocenters. The van der Waals surface area contributed by atoms with Crippen LogP contribution in [0.4, 0.5) is 24.1 Å². The van der Waals surface area contributed by atoms with Gasteiger partial charge in [0.15, 0.2) is 5.13 Å². The van der Waals surface area contributed by atoms with Crippen molar-refractivity contribution in [2.45, 2.75) is 38.4 Å². The zero-order valence-corrected chi connectivity index (χ0v) is 19.5. The highest BCUT2D eigenvalue weighted by Crippen LogP contribution is 2.31. The molecule has 3 aromatic heterocycles. The van der Waals surface area contributed by atoms with E-state index in [1.807, 2.05) is 19.1 Å². The predicted octanol–water partition coefficient (Wildman–Crippen LogP) is 6.03. The van der Waals surface area contributed by atoms with Gasteiger partial charge in [-0.25, -0.2) is 9.97 Å². The fourth-order valence-corrected chi connectivity index (χ4v) is 4.62. The van der Waals surface area contributed by atoms with E-state index in [1.165, 1.54) is 35.8 Å². The molecule has 34 heavy (non-hydrogen) atoms. The Morgan fingerprint density at radius 2 is 1.97 bits per heavy atom. The number of allylic oxidation sites excluding steroid dienone is 1. The molecule has 9 heteroatoms. The quantitative estimate of drug-likeness (QED) is 0.416. The molecule has 0 bridgehead atoms. The first-order valence-electron chi connectivity index (χ1n) is 10.9. The lowest BCUT2D eigenvalue weighted by atomic mass is 9.99. The number of alkyl halides is 3. The number of rotatable bonds is 7. The van der Waals surface area contributed by atoms with E-state index in [0.29, 0.717) is 16.4 Å². The molecule has 1 aliphatic rings. The third-order valence-electron chi connectivity index (χ3n) is 5.56. The molecule has 4 rings (SSSR count). The third kappa shape index (κ3) is 6.01. The Bertz CT molecular complexity index is 1210. The summed E-state index contributed by atoms with van der Waals surface area (Å²) in [6.45, 7) is 5.09. The van der Waals surface area contributed by atoms with Gasteiger partial charge >= 0.3 is 6.18 Å². The van der Waals surface area contributed by atoms with E-state index in [4.69, 9.17) is 6.42 Å². The lowest BCUT2D eigenvalue weighted by Gasteiger charge is -2.14. The molecule has 5 nitrogen and oxygen atoms in total. The van der Waals surface area contributed by atoms with E-state index in [2.05, 4.69) is 31.1 Å². The van der Waals surface area contributed by atoms with Crippen LogP contribution in [-0.2, 0) is 12.7 Å². The maximum Gasteiger partial charge on any atom is 0.433 e. The second kappa shape index (κ2) is 10.4. The molecule has 1 aliphatic heterocycles. The predicted molar refractivity (Wildman–Crippen MR) is 129 cm³/mol. The van der Waals surface area contributed by atoms with Crippen molar-refractivity contribution in [3.63, 3.8) is 0 Å². The molecular formula is C25H24F3N5S. The number of thiazole rings is 1. The Morgan fingerprint density at radius 1 is 1.21 bits per heavy atom. The minimum absolute atomic E-state index is 0.353. The van der Waals surface area contributed by atoms with Crippen LogP contribution in [0.1, 0.15) is 46.2 Å². The maximum absolute atomic E-state index is 13.0. The Balaban J connectivity index is 1.46. The summed E-state index contributed by atoms with van der Waals surface area (Å²) in [5.41, 5.74) is 1.28. The standard InChI is InChI=1S/C25H24F3N5S/c1-3-19(20-9-11-29-22(15-20)25(26,27)28)6-7-21-17(2)34-24(31-21)32-23-14-18(8-10-30-23)16-33-12-4-5-13-33/h1,6-11,14-15,19H,4-5,12-13,16H2,2H3,(H,30,31,32)/b7-6-. The van der Waals surface area contributed by atoms with Crippen LogP contribution >= 0.6 is 11.3 Å². The number of hydrogen-bond donors (Lipinski definition) is 1. The summed E-state index contributed by atoms with van der Waals surface area (Å²) in [5, 5.41) is 3.94. The van der Waals surface area contributed by atoms with Crippen molar-refractivity contribution in [1.82, 2.24) is 19.9 Å². The van der Waals surface area contributed by atoms with Crippen molar-refractivity contribution in [2.24, 2.45) is 0 Å². The third-order valence-corrected chi connectivity index (χ3v) is 6.46. The van der Waals surface area contributed by atoms with E-state index < -0.39 is 17.8 Å². The normalized spacial score (nSPS) is 15.5. The zero-order valence-electron chi connectivity index (χ0n) is 18.6. The molecule has 0 radical (unpaired) electrons. The smallest absolute Gasteiger partial charge is 0.316 e. The number of anilines is 2. The maximum atomic E-state index is 13.0. The Labute approximate surface area is 200 Å². The van der Waals surface area contributed by atoms with Crippen LogP contribution in [0.2, 0.25) is 0 Å². The van der Waals surface area contributed by atoms with Gasteiger partial charge in [0.2, 0.25) is 0 Å². The van der Waals surface area contributed by atoms with Crippen molar-refractivity contribution < 1.29 is 13.2 Å². The van der Waals surface area contributed by atoms with E-state index in [9.17, 15) is 13.2 Å². The largest absolute Gasteiger partial charge is 0.433 e. The fourth-order valence-electron chi connectivity index (χ4n) is 3.81. The van der Waals surface area contributed by atoms with Gasteiger partial charge in [0.05, 0.1) is 11.6 Å². The molecule has 0 saturated carbocycles. The number of hydrogen-bond acceptors (Lipinski definition) is 6. The second-order valence-electron chi connectivity index (χ2n) is 8.09. The van der Waals surface area contributed by atoms with Gasteiger partial charge in [0.25, 0.3) is 0 Å². The summed E-state index contributed by atoms with van der Waals surface area (Å²) in [6, 6.07) is 6.52. The zero-order chi connectivity index (χ0) is 24.1. The van der Waals surface area contributed by atoms with Crippen LogP contribution in [0.5, 0.6) is 0 Å². The molecule has 1 atom stereocenters. The monoisotopic (exact) mass is 483 g/mol. The Hall–Kier alpha value is -3.22. The van der Waals surface area contributed by atoms with Gasteiger partial charge in [0, 0.05) is 23.8 Å². The van der Waals surface area contributed by atoms with Gasteiger partial charge in [-0.2, -0.15) is 13.2 Å². The molecule has 1 N–H and O–H groups in total. The number of nitrogens with zero attached hydrogens (tertiary/aromatic N) is 4. The number of aromatic nitrogens is 3. The van der Waals surface area contributed by atoms with Gasteiger partial charge in [-0.05, 0) is 74.3 Å². The minimum atomic E-state index is -4.52. The van der Waals surface area contributed by atoms with Crippen molar-refractivity contribution >= 4 is 28.4 Å². The van der Waals surface area contributed by atoms with E-state index in [0.717, 1.165) is 42.6 Å². The first kappa shape index (κ1) is 23.9. The summed E-state index contributed by atoms with van der Waals surface area (Å²) in [7, 11) is 0. The van der Waals surface area contributed by atoms with Gasteiger partial charge in [-0.3, -0.25) is 9.88 Å². The van der Waals surface area contributed by atoms with Gasteiger partial charge in [-0.15, -0.1) is 17.8 Å². The number of nitrogens with one attached hydrogen (secondary N) is 1. The number of aryl methyl sites for hydroxylation is 1. The van der Waals surface area contributed by atoms with Crippen LogP contribution in [0.25, 0.3) is 6.08 Å². The van der Waals surface area contributed by atoms with Crippen LogP contribution in [0, 0.1) is 19.3 Å². The average molecular weight is 484 g/mol. The molecule has 1 saturated heterocycles. The molecule has 3 aromatic rings. The first-order valence-corrected chi connectivity index (χ1v) is 11.7. The highest BCUT2D eigenvalue weighted by Gasteiger charge is 2.32. The van der Waals surface area contributed by atoms with Crippen molar-refractivity contribution in [1.29, 1.82) is 0 Å². The number of halogens is 3. The SMILES string of the molecule is C#CC(/C=C\c1nc(Nc2cc(CN3CCCC3)ccn2)sc1C)c1ccnc(C(F)(F)F)c1. The number of terminal acetylenes is 1. The second-order valence-corrected chi connectivity index (χ2v) is 9.30. The minimum Gasteiger partial charge on any atom is -0.316 e. The molecule has 4 heterocycles. The average Bonchev–Trinajstić information content (AvgIpc) is 3.43. The topological polar surface area (TPSA) is 53.9 Å². The van der Waals surface area contributed by atoms with Gasteiger partial charge in [-0.1, -0.05) is 12.0 Å². The Morgan fingerprint density at radius 3 is 2.71 bits per heavy atom. The molecule has 0 aromatic carbocycles. The van der Waals surface area contributed by atoms with E-state index in [-0.39, 0.29) is 0 Å².